The lowest BCUT2D eigenvalue weighted by atomic mass is 10.0. The van der Waals surface area contributed by atoms with E-state index < -0.39 is 41.6 Å². The molecule has 2 aromatic rings. The highest BCUT2D eigenvalue weighted by atomic mass is 32.2. The van der Waals surface area contributed by atoms with Gasteiger partial charge in [-0.05, 0) is 43.4 Å². The Morgan fingerprint density at radius 2 is 2.02 bits per heavy atom. The molecule has 0 spiro atoms. The van der Waals surface area contributed by atoms with Crippen LogP contribution in [0.3, 0.4) is 0 Å². The van der Waals surface area contributed by atoms with Crippen molar-refractivity contribution in [3.05, 3.63) is 22.3 Å². The Labute approximate surface area is 272 Å². The molecular weight excluding hydrogens is 647 g/mol. The van der Waals surface area contributed by atoms with E-state index in [1.54, 1.807) is 17.0 Å². The Kier molecular flexibility index (Phi) is 12.0. The maximum atomic E-state index is 13.6. The second-order valence-corrected chi connectivity index (χ2v) is 13.5. The number of carbonyl (C=O) groups excluding carboxylic acids is 4. The number of β-lactam (4-membered cyclic amide) rings is 1. The molecule has 0 radical (unpaired) electrons. The Morgan fingerprint density at radius 3 is 2.71 bits per heavy atom. The number of nitrogens with zero attached hydrogens (tertiary/aromatic N) is 7. The van der Waals surface area contributed by atoms with Gasteiger partial charge in [-0.25, -0.2) is 19.3 Å². The minimum atomic E-state index is -1.29. The van der Waals surface area contributed by atoms with Crippen LogP contribution in [-0.2, 0) is 41.6 Å². The average molecular weight is 684 g/mol. The summed E-state index contributed by atoms with van der Waals surface area (Å²) in [6.07, 6.45) is -1.18. The number of aromatic nitrogens is 5. The zero-order valence-corrected chi connectivity index (χ0v) is 28.1. The molecule has 1 fully saturated rings. The zero-order valence-electron chi connectivity index (χ0n) is 25.6. The minimum absolute atomic E-state index is 0.0320. The van der Waals surface area contributed by atoms with Crippen molar-refractivity contribution >= 4 is 63.9 Å². The smallest absolute Gasteiger partial charge is 0.431 e. The Bertz CT molecular complexity index is 1420. The zero-order chi connectivity index (χ0) is 32.7. The molecule has 4 atom stereocenters. The van der Waals surface area contributed by atoms with Gasteiger partial charge in [0.25, 0.3) is 5.91 Å². The topological polar surface area (TPSA) is 197 Å². The normalized spacial score (nSPS) is 19.1. The number of hydrogen-bond donors (Lipinski definition) is 2. The number of rotatable bonds is 15. The Morgan fingerprint density at radius 1 is 1.24 bits per heavy atom. The summed E-state index contributed by atoms with van der Waals surface area (Å²) in [7, 11) is 3.89. The number of nitrogens with one attached hydrogen (secondary N) is 1. The summed E-state index contributed by atoms with van der Waals surface area (Å²) in [4.78, 5) is 59.3. The third-order valence-electron chi connectivity index (χ3n) is 6.63. The first kappa shape index (κ1) is 34.5. The number of ether oxygens (including phenoxy) is 3. The van der Waals surface area contributed by atoms with Gasteiger partial charge in [0, 0.05) is 30.4 Å². The van der Waals surface area contributed by atoms with Gasteiger partial charge in [0.2, 0.25) is 17.4 Å². The summed E-state index contributed by atoms with van der Waals surface area (Å²) in [5.74, 6) is -1.06. The van der Waals surface area contributed by atoms with Crippen LogP contribution >= 0.6 is 34.9 Å². The van der Waals surface area contributed by atoms with Crippen LogP contribution in [0.4, 0.5) is 9.93 Å². The highest BCUT2D eigenvalue weighted by Gasteiger charge is 2.54. The van der Waals surface area contributed by atoms with Gasteiger partial charge in [0.15, 0.2) is 5.13 Å². The molecule has 0 saturated carbocycles. The van der Waals surface area contributed by atoms with Crippen LogP contribution in [0.1, 0.15) is 39.3 Å². The van der Waals surface area contributed by atoms with Gasteiger partial charge in [-0.3, -0.25) is 14.5 Å². The second-order valence-electron chi connectivity index (χ2n) is 10.6. The molecular formula is C26H37N9O7S3. The Hall–Kier alpha value is -3.42. The van der Waals surface area contributed by atoms with E-state index in [9.17, 15) is 19.2 Å². The van der Waals surface area contributed by atoms with Gasteiger partial charge in [-0.1, -0.05) is 25.1 Å². The van der Waals surface area contributed by atoms with E-state index in [0.29, 0.717) is 40.3 Å². The summed E-state index contributed by atoms with van der Waals surface area (Å²) < 4.78 is 17.5. The largest absolute Gasteiger partial charge is 0.511 e. The van der Waals surface area contributed by atoms with Crippen LogP contribution in [0, 0.1) is 0 Å². The van der Waals surface area contributed by atoms with Crippen molar-refractivity contribution in [1.29, 1.82) is 0 Å². The van der Waals surface area contributed by atoms with Crippen molar-refractivity contribution in [3.8, 4) is 0 Å². The van der Waals surface area contributed by atoms with Gasteiger partial charge < -0.3 is 30.2 Å². The number of carbonyl (C=O) groups is 4. The molecule has 0 aromatic carbocycles. The van der Waals surface area contributed by atoms with E-state index in [0.717, 1.165) is 13.0 Å². The lowest BCUT2D eigenvalue weighted by Gasteiger charge is -2.49. The number of anilines is 1. The monoisotopic (exact) mass is 683 g/mol. The molecule has 4 heterocycles. The SMILES string of the molecule is CCCC(C)OC(=O)OC(C)OC(=O)C1=C(CSc2nnnn2CCN(C)C)CS[C@@H]2[C@@H](NC(=O)Cc3csc(N)n3)C(=O)N12. The fourth-order valence-electron chi connectivity index (χ4n) is 4.49. The number of thiazole rings is 1. The quantitative estimate of drug-likeness (QED) is 0.118. The summed E-state index contributed by atoms with van der Waals surface area (Å²) in [5, 5.41) is 16.7. The fraction of sp³-hybridized carbons (Fsp3) is 0.615. The number of thioether (sulfide) groups is 2. The predicted octanol–water partition coefficient (Wildman–Crippen LogP) is 1.49. The number of nitrogen functional groups attached to an aromatic ring is 1. The first-order valence-electron chi connectivity index (χ1n) is 14.2. The highest BCUT2D eigenvalue weighted by Crippen LogP contribution is 2.42. The van der Waals surface area contributed by atoms with Gasteiger partial charge in [-0.2, -0.15) is 0 Å². The lowest BCUT2D eigenvalue weighted by molar-refractivity contribution is -0.169. The first-order valence-corrected chi connectivity index (χ1v) is 17.2. The average Bonchev–Trinajstić information content (AvgIpc) is 3.60. The van der Waals surface area contributed by atoms with Gasteiger partial charge >= 0.3 is 12.1 Å². The summed E-state index contributed by atoms with van der Waals surface area (Å²) in [6.45, 7) is 6.37. The first-order chi connectivity index (χ1) is 21.5. The molecule has 2 aliphatic heterocycles. The lowest BCUT2D eigenvalue weighted by Crippen LogP contribution is -2.70. The molecule has 45 heavy (non-hydrogen) atoms. The number of nitrogens with two attached hydrogens (primary N) is 1. The van der Waals surface area contributed by atoms with Crippen molar-refractivity contribution in [2.75, 3.05) is 37.9 Å². The maximum absolute atomic E-state index is 13.6. The summed E-state index contributed by atoms with van der Waals surface area (Å²) in [5.41, 5.74) is 6.80. The van der Waals surface area contributed by atoms with E-state index in [-0.39, 0.29) is 24.0 Å². The van der Waals surface area contributed by atoms with Crippen LogP contribution < -0.4 is 11.1 Å². The maximum Gasteiger partial charge on any atom is 0.511 e. The molecule has 16 nitrogen and oxygen atoms in total. The standard InChI is InChI=1S/C26H37N9O7S3/c1-6-7-14(2)40-26(39)42-15(3)41-23(38)20-16(12-45-25-30-31-32-34(25)9-8-33(4)5)11-43-22-19(21(37)35(20)22)29-18(36)10-17-13-44-24(27)28-17/h13-15,19,22H,6-12H2,1-5H3,(H2,27,28)(H,29,36)/t14?,15?,19-,22+/m0/s1. The van der Waals surface area contributed by atoms with Crippen LogP contribution in [0.5, 0.6) is 0 Å². The van der Waals surface area contributed by atoms with Crippen molar-refractivity contribution in [2.24, 2.45) is 0 Å². The number of likely N-dealkylation sites (N-methyl/N-ethyl adjacent to an activating group) is 1. The van der Waals surface area contributed by atoms with Crippen molar-refractivity contribution in [2.45, 2.75) is 75.5 Å². The van der Waals surface area contributed by atoms with Crippen molar-refractivity contribution in [3.63, 3.8) is 0 Å². The number of tetrazole rings is 1. The minimum Gasteiger partial charge on any atom is -0.431 e. The number of amides is 2. The number of fused-ring (bicyclic) bond motifs is 1. The molecule has 2 aliphatic rings. The molecule has 2 unspecified atom stereocenters. The van der Waals surface area contributed by atoms with E-state index in [2.05, 4.69) is 25.8 Å². The fourth-order valence-corrected chi connectivity index (χ4v) is 7.44. The number of esters is 1. The molecule has 2 amide bonds. The predicted molar refractivity (Wildman–Crippen MR) is 167 cm³/mol. The molecule has 3 N–H and O–H groups in total. The molecule has 246 valence electrons. The van der Waals surface area contributed by atoms with Gasteiger partial charge in [0.1, 0.15) is 23.2 Å². The van der Waals surface area contributed by atoms with Crippen LogP contribution in [-0.4, -0.2) is 115 Å². The Balaban J connectivity index is 1.48. The van der Waals surface area contributed by atoms with E-state index in [1.165, 1.54) is 46.7 Å². The summed E-state index contributed by atoms with van der Waals surface area (Å²) >= 11 is 3.95. The summed E-state index contributed by atoms with van der Waals surface area (Å²) in [6, 6.07) is -0.850. The molecule has 4 rings (SSSR count). The molecule has 2 aromatic heterocycles. The molecule has 1 saturated heterocycles. The van der Waals surface area contributed by atoms with E-state index in [1.807, 2.05) is 25.9 Å². The second kappa shape index (κ2) is 15.7. The van der Waals surface area contributed by atoms with Crippen LogP contribution in [0.15, 0.2) is 21.8 Å². The highest BCUT2D eigenvalue weighted by molar-refractivity contribution is 8.01. The van der Waals surface area contributed by atoms with Crippen LogP contribution in [0.2, 0.25) is 0 Å². The third kappa shape index (κ3) is 9.08. The number of hydrogen-bond acceptors (Lipinski definition) is 16. The molecule has 19 heteroatoms. The third-order valence-corrected chi connectivity index (χ3v) is 9.74. The van der Waals surface area contributed by atoms with E-state index >= 15 is 0 Å². The molecule has 0 aliphatic carbocycles. The molecule has 0 bridgehead atoms. The van der Waals surface area contributed by atoms with Crippen molar-refractivity contribution in [1.82, 2.24) is 40.3 Å². The van der Waals surface area contributed by atoms with Crippen LogP contribution in [0.25, 0.3) is 0 Å². The van der Waals surface area contributed by atoms with E-state index in [4.69, 9.17) is 19.9 Å². The van der Waals surface area contributed by atoms with Crippen molar-refractivity contribution < 1.29 is 33.4 Å². The van der Waals surface area contributed by atoms with Gasteiger partial charge in [-0.15, -0.1) is 28.2 Å². The van der Waals surface area contributed by atoms with Gasteiger partial charge in [0.05, 0.1) is 18.7 Å².